The van der Waals surface area contributed by atoms with Crippen LogP contribution in [0.15, 0.2) is 42.9 Å². The maximum atomic E-state index is 12.2. The zero-order chi connectivity index (χ0) is 18.3. The van der Waals surface area contributed by atoms with E-state index in [0.29, 0.717) is 25.7 Å². The number of hydrogen-bond donors (Lipinski definition) is 0. The van der Waals surface area contributed by atoms with Crippen LogP contribution in [0.25, 0.3) is 11.3 Å². The number of nitrogens with zero attached hydrogens (tertiary/aromatic N) is 5. The Morgan fingerprint density at radius 1 is 1.23 bits per heavy atom. The van der Waals surface area contributed by atoms with E-state index in [9.17, 15) is 4.79 Å². The summed E-state index contributed by atoms with van der Waals surface area (Å²) in [6.07, 6.45) is 5.93. The van der Waals surface area contributed by atoms with Crippen LogP contribution < -0.4 is 0 Å². The quantitative estimate of drug-likeness (QED) is 0.729. The molecule has 0 spiro atoms. The number of rotatable bonds is 3. The summed E-state index contributed by atoms with van der Waals surface area (Å²) in [4.78, 5) is 18.4. The van der Waals surface area contributed by atoms with Crippen LogP contribution in [0.1, 0.15) is 43.8 Å². The molecule has 1 amide bonds. The summed E-state index contributed by atoms with van der Waals surface area (Å²) in [5.74, 6) is 0.0813. The van der Waals surface area contributed by atoms with Crippen molar-refractivity contribution in [1.29, 1.82) is 0 Å². The van der Waals surface area contributed by atoms with E-state index in [1.807, 2.05) is 34.0 Å². The second-order valence-corrected chi connectivity index (χ2v) is 7.07. The summed E-state index contributed by atoms with van der Waals surface area (Å²) in [6.45, 7) is 7.76. The van der Waals surface area contributed by atoms with Crippen molar-refractivity contribution in [3.8, 4) is 11.3 Å². The van der Waals surface area contributed by atoms with E-state index in [1.165, 1.54) is 0 Å². The Morgan fingerprint density at radius 3 is 2.77 bits per heavy atom. The van der Waals surface area contributed by atoms with E-state index in [0.717, 1.165) is 28.2 Å². The molecule has 3 aromatic heterocycles. The topological polar surface area (TPSA) is 56.0 Å². The molecule has 4 rings (SSSR count). The number of carbonyl (C=O) groups excluding carboxylic acids is 1. The molecule has 0 saturated carbocycles. The third kappa shape index (κ3) is 2.92. The van der Waals surface area contributed by atoms with Crippen LogP contribution in [-0.4, -0.2) is 30.1 Å². The lowest BCUT2D eigenvalue weighted by molar-refractivity contribution is -0.130. The molecule has 0 fully saturated rings. The van der Waals surface area contributed by atoms with Crippen molar-refractivity contribution in [1.82, 2.24) is 24.2 Å². The Labute approximate surface area is 153 Å². The van der Waals surface area contributed by atoms with Gasteiger partial charge in [-0.05, 0) is 32.0 Å². The molecule has 26 heavy (non-hydrogen) atoms. The van der Waals surface area contributed by atoms with E-state index in [1.54, 1.807) is 13.1 Å². The van der Waals surface area contributed by atoms with Gasteiger partial charge in [-0.25, -0.2) is 0 Å². The van der Waals surface area contributed by atoms with Crippen LogP contribution >= 0.6 is 0 Å². The Hall–Kier alpha value is -2.89. The first kappa shape index (κ1) is 16.6. The number of pyridine rings is 1. The molecule has 1 aliphatic heterocycles. The van der Waals surface area contributed by atoms with Gasteiger partial charge < -0.3 is 9.47 Å². The largest absolute Gasteiger partial charge is 0.347 e. The van der Waals surface area contributed by atoms with Gasteiger partial charge in [0.1, 0.15) is 0 Å². The summed E-state index contributed by atoms with van der Waals surface area (Å²) in [6, 6.07) is 8.35. The summed E-state index contributed by atoms with van der Waals surface area (Å²) in [7, 11) is 0. The van der Waals surface area contributed by atoms with E-state index in [2.05, 4.69) is 35.7 Å². The van der Waals surface area contributed by atoms with Gasteiger partial charge in [-0.3, -0.25) is 14.5 Å². The molecule has 0 atom stereocenters. The highest BCUT2D eigenvalue weighted by atomic mass is 16.2. The lowest BCUT2D eigenvalue weighted by Gasteiger charge is -2.21. The fourth-order valence-corrected chi connectivity index (χ4v) is 3.56. The van der Waals surface area contributed by atoms with Crippen LogP contribution in [0.4, 0.5) is 0 Å². The first-order valence-corrected chi connectivity index (χ1v) is 8.94. The summed E-state index contributed by atoms with van der Waals surface area (Å²) in [5, 5.41) is 4.84. The second kappa shape index (κ2) is 6.44. The van der Waals surface area contributed by atoms with E-state index in [4.69, 9.17) is 5.10 Å². The first-order valence-electron chi connectivity index (χ1n) is 8.94. The minimum absolute atomic E-state index is 0.0813. The Bertz CT molecular complexity index is 939. The molecular formula is C20H23N5O. The van der Waals surface area contributed by atoms with Gasteiger partial charge in [0.05, 0.1) is 24.5 Å². The maximum Gasteiger partial charge on any atom is 0.220 e. The minimum Gasteiger partial charge on any atom is -0.347 e. The number of hydrogen-bond acceptors (Lipinski definition) is 3. The molecule has 0 bridgehead atoms. The number of fused-ring (bicyclic) bond motifs is 3. The lowest BCUT2D eigenvalue weighted by atomic mass is 10.1. The molecule has 0 N–H and O–H groups in total. The van der Waals surface area contributed by atoms with E-state index in [-0.39, 0.29) is 5.91 Å². The smallest absolute Gasteiger partial charge is 0.220 e. The standard InChI is InChI=1S/C20H23N5O/c1-14(2)25-9-7-18-19(25)13-23(15(3)26)10-16-11-24(22-20(16)18)12-17-6-4-5-8-21-17/h4-9,11,14H,10,12-13H2,1-3H3. The van der Waals surface area contributed by atoms with Gasteiger partial charge in [0, 0.05) is 54.9 Å². The molecule has 6 heteroatoms. The highest BCUT2D eigenvalue weighted by Crippen LogP contribution is 2.34. The first-order chi connectivity index (χ1) is 12.5. The van der Waals surface area contributed by atoms with Crippen LogP contribution in [0.5, 0.6) is 0 Å². The second-order valence-electron chi connectivity index (χ2n) is 7.07. The normalized spacial score (nSPS) is 13.5. The van der Waals surface area contributed by atoms with Gasteiger partial charge in [-0.1, -0.05) is 6.07 Å². The van der Waals surface area contributed by atoms with Gasteiger partial charge in [-0.2, -0.15) is 5.10 Å². The van der Waals surface area contributed by atoms with Gasteiger partial charge in [0.25, 0.3) is 0 Å². The fraction of sp³-hybridized carbons (Fsp3) is 0.350. The van der Waals surface area contributed by atoms with Crippen molar-refractivity contribution < 1.29 is 4.79 Å². The maximum absolute atomic E-state index is 12.2. The zero-order valence-corrected chi connectivity index (χ0v) is 15.4. The fourth-order valence-electron chi connectivity index (χ4n) is 3.56. The molecule has 0 aromatic carbocycles. The molecule has 4 heterocycles. The lowest BCUT2D eigenvalue weighted by Crippen LogP contribution is -2.28. The summed E-state index contributed by atoms with van der Waals surface area (Å²) in [5.41, 5.74) is 5.29. The molecule has 1 aliphatic rings. The number of aromatic nitrogens is 4. The molecule has 6 nitrogen and oxygen atoms in total. The van der Waals surface area contributed by atoms with Crippen LogP contribution in [0.3, 0.4) is 0 Å². The number of carbonyl (C=O) groups is 1. The number of amides is 1. The van der Waals surface area contributed by atoms with Crippen LogP contribution in [0, 0.1) is 0 Å². The minimum atomic E-state index is 0.0813. The van der Waals surface area contributed by atoms with Crippen LogP contribution in [-0.2, 0) is 24.4 Å². The molecule has 0 unspecified atom stereocenters. The molecule has 0 saturated heterocycles. The molecule has 0 aliphatic carbocycles. The average Bonchev–Trinajstić information content (AvgIpc) is 3.16. The summed E-state index contributed by atoms with van der Waals surface area (Å²) >= 11 is 0. The molecule has 3 aromatic rings. The SMILES string of the molecule is CC(=O)N1Cc2cn(Cc3ccccn3)nc2-c2ccn(C(C)C)c2C1. The highest BCUT2D eigenvalue weighted by molar-refractivity contribution is 5.76. The molecule has 134 valence electrons. The van der Waals surface area contributed by atoms with Gasteiger partial charge in [0.15, 0.2) is 0 Å². The van der Waals surface area contributed by atoms with Gasteiger partial charge in [0.2, 0.25) is 5.91 Å². The van der Waals surface area contributed by atoms with Gasteiger partial charge in [-0.15, -0.1) is 0 Å². The van der Waals surface area contributed by atoms with E-state index >= 15 is 0 Å². The monoisotopic (exact) mass is 349 g/mol. The molecular weight excluding hydrogens is 326 g/mol. The van der Waals surface area contributed by atoms with Gasteiger partial charge >= 0.3 is 0 Å². The Balaban J connectivity index is 1.78. The van der Waals surface area contributed by atoms with Crippen molar-refractivity contribution in [3.05, 3.63) is 59.8 Å². The van der Waals surface area contributed by atoms with Crippen molar-refractivity contribution in [3.63, 3.8) is 0 Å². The summed E-state index contributed by atoms with van der Waals surface area (Å²) < 4.78 is 4.16. The highest BCUT2D eigenvalue weighted by Gasteiger charge is 2.26. The van der Waals surface area contributed by atoms with Crippen molar-refractivity contribution >= 4 is 5.91 Å². The predicted octanol–water partition coefficient (Wildman–Crippen LogP) is 3.24. The van der Waals surface area contributed by atoms with Crippen molar-refractivity contribution in [2.45, 2.75) is 46.4 Å². The molecule has 0 radical (unpaired) electrons. The van der Waals surface area contributed by atoms with E-state index < -0.39 is 0 Å². The van der Waals surface area contributed by atoms with Crippen molar-refractivity contribution in [2.24, 2.45) is 0 Å². The van der Waals surface area contributed by atoms with Crippen molar-refractivity contribution in [2.75, 3.05) is 0 Å². The third-order valence-corrected chi connectivity index (χ3v) is 4.87. The van der Waals surface area contributed by atoms with Crippen LogP contribution in [0.2, 0.25) is 0 Å². The Morgan fingerprint density at radius 2 is 2.08 bits per heavy atom. The Kier molecular flexibility index (Phi) is 4.11. The average molecular weight is 349 g/mol. The third-order valence-electron chi connectivity index (χ3n) is 4.87. The zero-order valence-electron chi connectivity index (χ0n) is 15.4. The predicted molar refractivity (Wildman–Crippen MR) is 99.3 cm³/mol.